The van der Waals surface area contributed by atoms with Crippen LogP contribution >= 0.6 is 0 Å². The van der Waals surface area contributed by atoms with E-state index in [1.807, 2.05) is 0 Å². The molecule has 0 aliphatic heterocycles. The third-order valence-corrected chi connectivity index (χ3v) is 12.0. The Morgan fingerprint density at radius 1 is 0.345 bits per heavy atom. The molecule has 1 unspecified atom stereocenters. The van der Waals surface area contributed by atoms with Crippen LogP contribution in [0.5, 0.6) is 0 Å². The van der Waals surface area contributed by atoms with Crippen LogP contribution in [0.2, 0.25) is 0 Å². The van der Waals surface area contributed by atoms with Crippen molar-refractivity contribution in [2.24, 2.45) is 0 Å². The van der Waals surface area contributed by atoms with Gasteiger partial charge in [0.1, 0.15) is 0 Å². The van der Waals surface area contributed by atoms with Gasteiger partial charge in [0.05, 0.1) is 22.1 Å². The number of nitrogens with zero attached hydrogens (tertiary/aromatic N) is 2. The molecule has 0 saturated heterocycles. The average Bonchev–Trinajstić information content (AvgIpc) is 3.89. The second kappa shape index (κ2) is 11.7. The molecule has 0 radical (unpaired) electrons. The molecule has 2 nitrogen and oxygen atoms in total. The molecule has 2 aromatic heterocycles. The van der Waals surface area contributed by atoms with Crippen molar-refractivity contribution in [1.82, 2.24) is 9.13 Å². The monoisotopic (exact) mass is 698 g/mol. The van der Waals surface area contributed by atoms with Crippen molar-refractivity contribution in [3.05, 3.63) is 217 Å². The Balaban J connectivity index is 1.14. The van der Waals surface area contributed by atoms with E-state index in [2.05, 4.69) is 209 Å². The zero-order valence-electron chi connectivity index (χ0n) is 30.0. The van der Waals surface area contributed by atoms with Gasteiger partial charge >= 0.3 is 0 Å². The third-order valence-electron chi connectivity index (χ3n) is 12.0. The van der Waals surface area contributed by atoms with Gasteiger partial charge in [-0.3, -0.25) is 0 Å². The number of hydrogen-bond acceptors (Lipinski definition) is 0. The summed E-state index contributed by atoms with van der Waals surface area (Å²) < 4.78 is 4.93. The first kappa shape index (κ1) is 30.3. The molecular weight excluding hydrogens is 665 g/mol. The highest BCUT2D eigenvalue weighted by atomic mass is 15.0. The summed E-state index contributed by atoms with van der Waals surface area (Å²) in [4.78, 5) is 0. The SMILES string of the molecule is c1ccc(C2c3ccccc3-c3ccc4c5cc(-c6ccc7c(c6)c6ccccc6n7-c6ccccc6)ccc5n(-c5ccc6ccccc6c5)c4c32)cc1. The lowest BCUT2D eigenvalue weighted by Crippen LogP contribution is -2.03. The number of fused-ring (bicyclic) bond motifs is 11. The molecule has 12 rings (SSSR count). The first-order chi connectivity index (χ1) is 27.3. The van der Waals surface area contributed by atoms with Crippen molar-refractivity contribution in [3.8, 4) is 33.6 Å². The predicted octanol–water partition coefficient (Wildman–Crippen LogP) is 13.9. The molecule has 11 aromatic rings. The highest BCUT2D eigenvalue weighted by Gasteiger charge is 2.33. The molecule has 2 heteroatoms. The molecular formula is C53H34N2. The number of hydrogen-bond donors (Lipinski definition) is 0. The van der Waals surface area contributed by atoms with E-state index in [1.165, 1.54) is 105 Å². The van der Waals surface area contributed by atoms with Crippen molar-refractivity contribution in [3.63, 3.8) is 0 Å². The molecule has 55 heavy (non-hydrogen) atoms. The Kier molecular flexibility index (Phi) is 6.43. The minimum Gasteiger partial charge on any atom is -0.309 e. The molecule has 1 aliphatic carbocycles. The standard InChI is InChI=1S/C53H34N2/c1-3-14-35(15-4-1)51-43-21-10-9-19-41(43)44-27-28-45-47-33-38(25-30-50(47)55(53(45)52(44)51)40-26-23-34-13-7-8-16-36(34)31-40)37-24-29-49-46(32-37)42-20-11-12-22-48(42)54(49)39-17-5-2-6-18-39/h1-33,51H. The molecule has 0 fully saturated rings. The van der Waals surface area contributed by atoms with Gasteiger partial charge in [-0.2, -0.15) is 0 Å². The largest absolute Gasteiger partial charge is 0.309 e. The molecule has 0 spiro atoms. The second-order valence-corrected chi connectivity index (χ2v) is 14.9. The zero-order chi connectivity index (χ0) is 36.0. The fourth-order valence-electron chi connectivity index (χ4n) is 9.57. The van der Waals surface area contributed by atoms with Gasteiger partial charge in [0.2, 0.25) is 0 Å². The topological polar surface area (TPSA) is 9.86 Å². The summed E-state index contributed by atoms with van der Waals surface area (Å²) >= 11 is 0. The van der Waals surface area contributed by atoms with Gasteiger partial charge in [-0.1, -0.05) is 146 Å². The molecule has 256 valence electrons. The van der Waals surface area contributed by atoms with Gasteiger partial charge < -0.3 is 9.13 Å². The molecule has 2 heterocycles. The van der Waals surface area contributed by atoms with Crippen LogP contribution < -0.4 is 0 Å². The van der Waals surface area contributed by atoms with E-state index in [1.54, 1.807) is 0 Å². The zero-order valence-corrected chi connectivity index (χ0v) is 30.0. The van der Waals surface area contributed by atoms with Crippen molar-refractivity contribution in [2.75, 3.05) is 0 Å². The Morgan fingerprint density at radius 3 is 1.80 bits per heavy atom. The lowest BCUT2D eigenvalue weighted by atomic mass is 9.88. The van der Waals surface area contributed by atoms with Crippen LogP contribution in [-0.2, 0) is 0 Å². The summed E-state index contributed by atoms with van der Waals surface area (Å²) in [5, 5.41) is 7.55. The fraction of sp³-hybridized carbons (Fsp3) is 0.0189. The minimum atomic E-state index is 0.128. The highest BCUT2D eigenvalue weighted by Crippen LogP contribution is 2.52. The summed E-state index contributed by atoms with van der Waals surface area (Å²) in [7, 11) is 0. The second-order valence-electron chi connectivity index (χ2n) is 14.9. The Hall–Kier alpha value is -7.16. The van der Waals surface area contributed by atoms with E-state index >= 15 is 0 Å². The van der Waals surface area contributed by atoms with Gasteiger partial charge in [0.15, 0.2) is 0 Å². The molecule has 0 saturated carbocycles. The van der Waals surface area contributed by atoms with Gasteiger partial charge in [-0.05, 0) is 104 Å². The molecule has 0 N–H and O–H groups in total. The van der Waals surface area contributed by atoms with Crippen LogP contribution in [0.3, 0.4) is 0 Å². The maximum atomic E-state index is 2.54. The number of rotatable bonds is 4. The van der Waals surface area contributed by atoms with Crippen LogP contribution in [0.25, 0.3) is 88.0 Å². The summed E-state index contributed by atoms with van der Waals surface area (Å²) in [5.74, 6) is 0.128. The maximum absolute atomic E-state index is 2.54. The lowest BCUT2D eigenvalue weighted by Gasteiger charge is -2.18. The minimum absolute atomic E-state index is 0.128. The molecule has 0 bridgehead atoms. The van der Waals surface area contributed by atoms with Crippen LogP contribution in [0.4, 0.5) is 0 Å². The van der Waals surface area contributed by atoms with E-state index < -0.39 is 0 Å². The highest BCUT2D eigenvalue weighted by molar-refractivity contribution is 6.15. The van der Waals surface area contributed by atoms with E-state index in [0.717, 1.165) is 0 Å². The lowest BCUT2D eigenvalue weighted by molar-refractivity contribution is 1.01. The van der Waals surface area contributed by atoms with E-state index in [-0.39, 0.29) is 5.92 Å². The van der Waals surface area contributed by atoms with Gasteiger partial charge in [0.25, 0.3) is 0 Å². The van der Waals surface area contributed by atoms with Crippen LogP contribution in [-0.4, -0.2) is 9.13 Å². The van der Waals surface area contributed by atoms with Crippen LogP contribution in [0, 0.1) is 0 Å². The molecule has 1 atom stereocenters. The van der Waals surface area contributed by atoms with Gasteiger partial charge in [-0.25, -0.2) is 0 Å². The van der Waals surface area contributed by atoms with Crippen molar-refractivity contribution >= 4 is 54.4 Å². The smallest absolute Gasteiger partial charge is 0.0588 e. The predicted molar refractivity (Wildman–Crippen MR) is 231 cm³/mol. The van der Waals surface area contributed by atoms with Gasteiger partial charge in [0, 0.05) is 38.8 Å². The Bertz CT molecular complexity index is 3310. The van der Waals surface area contributed by atoms with Crippen molar-refractivity contribution < 1.29 is 0 Å². The number of para-hydroxylation sites is 2. The van der Waals surface area contributed by atoms with E-state index in [9.17, 15) is 0 Å². The van der Waals surface area contributed by atoms with Crippen molar-refractivity contribution in [1.29, 1.82) is 0 Å². The van der Waals surface area contributed by atoms with E-state index in [4.69, 9.17) is 0 Å². The first-order valence-corrected chi connectivity index (χ1v) is 19.1. The first-order valence-electron chi connectivity index (χ1n) is 19.1. The Morgan fingerprint density at radius 2 is 0.982 bits per heavy atom. The molecule has 0 amide bonds. The summed E-state index contributed by atoms with van der Waals surface area (Å²) in [6.07, 6.45) is 0. The van der Waals surface area contributed by atoms with Gasteiger partial charge in [-0.15, -0.1) is 0 Å². The average molecular weight is 699 g/mol. The van der Waals surface area contributed by atoms with E-state index in [0.29, 0.717) is 0 Å². The summed E-state index contributed by atoms with van der Waals surface area (Å²) in [6, 6.07) is 74.0. The Labute approximate surface area is 318 Å². The summed E-state index contributed by atoms with van der Waals surface area (Å²) in [6.45, 7) is 0. The molecule has 9 aromatic carbocycles. The molecule has 1 aliphatic rings. The number of aromatic nitrogens is 2. The quantitative estimate of drug-likeness (QED) is 0.173. The van der Waals surface area contributed by atoms with Crippen LogP contribution in [0.15, 0.2) is 200 Å². The summed E-state index contributed by atoms with van der Waals surface area (Å²) in [5.41, 5.74) is 16.4. The normalized spacial score (nSPS) is 13.6. The third kappa shape index (κ3) is 4.43. The van der Waals surface area contributed by atoms with Crippen molar-refractivity contribution in [2.45, 2.75) is 5.92 Å². The number of benzene rings is 9. The fourth-order valence-corrected chi connectivity index (χ4v) is 9.57. The van der Waals surface area contributed by atoms with Crippen LogP contribution in [0.1, 0.15) is 22.6 Å². The maximum Gasteiger partial charge on any atom is 0.0588 e.